The van der Waals surface area contributed by atoms with Crippen molar-refractivity contribution >= 4 is 22.6 Å². The first-order chi connectivity index (χ1) is 9.31. The van der Waals surface area contributed by atoms with Gasteiger partial charge in [-0.25, -0.2) is 0 Å². The van der Waals surface area contributed by atoms with Gasteiger partial charge in [-0.15, -0.1) is 11.3 Å². The van der Waals surface area contributed by atoms with E-state index in [1.165, 1.54) is 11.3 Å². The van der Waals surface area contributed by atoms with E-state index >= 15 is 0 Å². The lowest BCUT2D eigenvalue weighted by Gasteiger charge is -2.04. The number of aliphatic hydroxyl groups excluding tert-OH is 1. The molecule has 1 aromatic carbocycles. The van der Waals surface area contributed by atoms with Crippen LogP contribution in [0.2, 0.25) is 0 Å². The van der Waals surface area contributed by atoms with Gasteiger partial charge in [-0.05, 0) is 17.7 Å². The highest BCUT2D eigenvalue weighted by atomic mass is 32.1. The lowest BCUT2D eigenvalue weighted by molar-refractivity contribution is 0.111. The fourth-order valence-corrected chi connectivity index (χ4v) is 2.50. The van der Waals surface area contributed by atoms with Gasteiger partial charge in [0.2, 0.25) is 5.88 Å². The summed E-state index contributed by atoms with van der Waals surface area (Å²) in [7, 11) is 0. The maximum Gasteiger partial charge on any atom is 0.250 e. The van der Waals surface area contributed by atoms with Gasteiger partial charge in [-0.3, -0.25) is 9.20 Å². The van der Waals surface area contributed by atoms with Crippen molar-refractivity contribution in [2.24, 2.45) is 0 Å². The van der Waals surface area contributed by atoms with Gasteiger partial charge in [-0.2, -0.15) is 4.98 Å². The molecule has 3 rings (SSSR count). The van der Waals surface area contributed by atoms with Crippen LogP contribution in [0.25, 0.3) is 4.96 Å². The lowest BCUT2D eigenvalue weighted by atomic mass is 10.2. The topological polar surface area (TPSA) is 63.8 Å². The minimum Gasteiger partial charge on any atom is -0.437 e. The molecule has 5 nitrogen and oxygen atoms in total. The van der Waals surface area contributed by atoms with Crippen molar-refractivity contribution in [3.8, 4) is 11.6 Å². The number of carbonyl (C=O) groups is 1. The fraction of sp³-hybridized carbons (Fsp3) is 0.0769. The largest absolute Gasteiger partial charge is 0.437 e. The molecule has 19 heavy (non-hydrogen) atoms. The van der Waals surface area contributed by atoms with Gasteiger partial charge in [-0.1, -0.05) is 12.1 Å². The number of thiazole rings is 1. The fourth-order valence-electron chi connectivity index (χ4n) is 1.78. The number of imidazole rings is 1. The zero-order chi connectivity index (χ0) is 13.2. The number of aliphatic hydroxyl groups is 1. The summed E-state index contributed by atoms with van der Waals surface area (Å²) in [6.07, 6.45) is 2.49. The predicted octanol–water partition coefficient (Wildman–Crippen LogP) is 2.49. The number of rotatable bonds is 4. The smallest absolute Gasteiger partial charge is 0.250 e. The summed E-state index contributed by atoms with van der Waals surface area (Å²) >= 11 is 1.43. The molecule has 0 aliphatic carbocycles. The van der Waals surface area contributed by atoms with Gasteiger partial charge >= 0.3 is 0 Å². The Balaban J connectivity index is 2.00. The van der Waals surface area contributed by atoms with E-state index < -0.39 is 0 Å². The molecular formula is C13H10N2O3S. The molecule has 2 aromatic heterocycles. The third-order valence-corrected chi connectivity index (χ3v) is 3.43. The minimum atomic E-state index is -0.0595. The molecule has 0 spiro atoms. The normalized spacial score (nSPS) is 10.8. The van der Waals surface area contributed by atoms with Crippen LogP contribution in [0, 0.1) is 0 Å². The van der Waals surface area contributed by atoms with Crippen molar-refractivity contribution < 1.29 is 14.6 Å². The van der Waals surface area contributed by atoms with E-state index in [2.05, 4.69) is 4.98 Å². The highest BCUT2D eigenvalue weighted by molar-refractivity contribution is 7.15. The highest BCUT2D eigenvalue weighted by Gasteiger charge is 2.14. The number of aldehydes is 1. The van der Waals surface area contributed by atoms with Crippen molar-refractivity contribution in [2.75, 3.05) is 0 Å². The number of aromatic nitrogens is 2. The Morgan fingerprint density at radius 3 is 3.16 bits per heavy atom. The Labute approximate surface area is 112 Å². The van der Waals surface area contributed by atoms with E-state index in [4.69, 9.17) is 9.84 Å². The summed E-state index contributed by atoms with van der Waals surface area (Å²) in [6, 6.07) is 7.03. The summed E-state index contributed by atoms with van der Waals surface area (Å²) < 4.78 is 7.30. The molecule has 6 heteroatoms. The van der Waals surface area contributed by atoms with E-state index in [1.54, 1.807) is 34.9 Å². The molecule has 1 N–H and O–H groups in total. The molecule has 2 heterocycles. The molecule has 0 saturated heterocycles. The summed E-state index contributed by atoms with van der Waals surface area (Å²) in [6.45, 7) is -0.0595. The number of benzene rings is 1. The van der Waals surface area contributed by atoms with E-state index in [9.17, 15) is 4.79 Å². The molecule has 0 unspecified atom stereocenters. The zero-order valence-corrected chi connectivity index (χ0v) is 10.6. The second-order valence-corrected chi connectivity index (χ2v) is 4.76. The van der Waals surface area contributed by atoms with Crippen molar-refractivity contribution in [3.05, 3.63) is 47.1 Å². The Morgan fingerprint density at radius 1 is 1.47 bits per heavy atom. The van der Waals surface area contributed by atoms with E-state index in [-0.39, 0.29) is 12.5 Å². The Kier molecular flexibility index (Phi) is 3.02. The van der Waals surface area contributed by atoms with Crippen molar-refractivity contribution in [1.82, 2.24) is 9.38 Å². The van der Waals surface area contributed by atoms with Crippen LogP contribution in [0.15, 0.2) is 35.8 Å². The number of fused-ring (bicyclic) bond motifs is 1. The Bertz CT molecular complexity index is 732. The number of hydrogen-bond acceptors (Lipinski definition) is 5. The number of nitrogens with zero attached hydrogens (tertiary/aromatic N) is 2. The van der Waals surface area contributed by atoms with E-state index in [0.717, 1.165) is 11.8 Å². The second kappa shape index (κ2) is 4.83. The van der Waals surface area contributed by atoms with Crippen molar-refractivity contribution in [1.29, 1.82) is 0 Å². The first-order valence-electron chi connectivity index (χ1n) is 5.60. The molecule has 0 radical (unpaired) electrons. The highest BCUT2D eigenvalue weighted by Crippen LogP contribution is 2.27. The van der Waals surface area contributed by atoms with Gasteiger partial charge < -0.3 is 9.84 Å². The molecule has 0 saturated carbocycles. The molecule has 0 aliphatic heterocycles. The summed E-state index contributed by atoms with van der Waals surface area (Å²) in [5.41, 5.74) is 1.12. The Morgan fingerprint density at radius 2 is 2.37 bits per heavy atom. The molecule has 0 atom stereocenters. The van der Waals surface area contributed by atoms with Crippen LogP contribution < -0.4 is 4.74 Å². The zero-order valence-electron chi connectivity index (χ0n) is 9.81. The first-order valence-corrected chi connectivity index (χ1v) is 6.48. The maximum atomic E-state index is 11.1. The van der Waals surface area contributed by atoms with Crippen LogP contribution >= 0.6 is 11.3 Å². The Hall–Kier alpha value is -2.18. The van der Waals surface area contributed by atoms with Crippen LogP contribution in [-0.4, -0.2) is 20.8 Å². The van der Waals surface area contributed by atoms with Crippen molar-refractivity contribution in [3.63, 3.8) is 0 Å². The van der Waals surface area contributed by atoms with Crippen LogP contribution in [0.1, 0.15) is 16.1 Å². The van der Waals surface area contributed by atoms with Crippen LogP contribution in [0.3, 0.4) is 0 Å². The monoisotopic (exact) mass is 274 g/mol. The van der Waals surface area contributed by atoms with E-state index in [0.29, 0.717) is 16.4 Å². The predicted molar refractivity (Wildman–Crippen MR) is 70.9 cm³/mol. The van der Waals surface area contributed by atoms with Gasteiger partial charge in [0.05, 0.1) is 6.61 Å². The lowest BCUT2D eigenvalue weighted by Crippen LogP contribution is -1.92. The van der Waals surface area contributed by atoms with Crippen LogP contribution in [0.5, 0.6) is 11.6 Å². The van der Waals surface area contributed by atoms with Gasteiger partial charge in [0, 0.05) is 11.6 Å². The first kappa shape index (κ1) is 11.9. The van der Waals surface area contributed by atoms with Gasteiger partial charge in [0.25, 0.3) is 0 Å². The quantitative estimate of drug-likeness (QED) is 0.742. The number of ether oxygens (including phenoxy) is 1. The van der Waals surface area contributed by atoms with Gasteiger partial charge in [0.15, 0.2) is 16.9 Å². The third kappa shape index (κ3) is 2.11. The SMILES string of the molecule is O=Cc1c(Oc2cccc(CO)c2)nc2sccn12. The number of hydrogen-bond donors (Lipinski definition) is 1. The number of carbonyl (C=O) groups excluding carboxylic acids is 1. The molecule has 0 amide bonds. The maximum absolute atomic E-state index is 11.1. The van der Waals surface area contributed by atoms with Gasteiger partial charge in [0.1, 0.15) is 5.75 Å². The third-order valence-electron chi connectivity index (χ3n) is 2.67. The minimum absolute atomic E-state index is 0.0595. The average molecular weight is 274 g/mol. The van der Waals surface area contributed by atoms with Crippen LogP contribution in [0.4, 0.5) is 0 Å². The molecular weight excluding hydrogens is 264 g/mol. The van der Waals surface area contributed by atoms with Crippen LogP contribution in [-0.2, 0) is 6.61 Å². The second-order valence-electron chi connectivity index (χ2n) is 3.88. The molecule has 0 bridgehead atoms. The summed E-state index contributed by atoms with van der Waals surface area (Å²) in [4.78, 5) is 16.1. The molecule has 3 aromatic rings. The molecule has 96 valence electrons. The standard InChI is InChI=1S/C13H10N2O3S/c16-7-9-2-1-3-10(6-9)18-12-11(8-17)15-4-5-19-13(15)14-12/h1-6,8,16H,7H2. The van der Waals surface area contributed by atoms with E-state index in [1.807, 2.05) is 5.38 Å². The van der Waals surface area contributed by atoms with Crippen molar-refractivity contribution in [2.45, 2.75) is 6.61 Å². The molecule has 0 fully saturated rings. The average Bonchev–Trinajstić information content (AvgIpc) is 2.99. The molecule has 0 aliphatic rings. The summed E-state index contributed by atoms with van der Waals surface area (Å²) in [5, 5.41) is 10.9. The summed E-state index contributed by atoms with van der Waals surface area (Å²) in [5.74, 6) is 0.817.